The fourth-order valence-corrected chi connectivity index (χ4v) is 4.29. The van der Waals surface area contributed by atoms with Crippen LogP contribution in [-0.4, -0.2) is 25.9 Å². The van der Waals surface area contributed by atoms with Gasteiger partial charge in [-0.3, -0.25) is 4.79 Å². The zero-order chi connectivity index (χ0) is 18.5. The van der Waals surface area contributed by atoms with Crippen LogP contribution < -0.4 is 5.32 Å². The molecule has 2 aromatic rings. The minimum absolute atomic E-state index is 0.145. The summed E-state index contributed by atoms with van der Waals surface area (Å²) >= 11 is 1.42. The summed E-state index contributed by atoms with van der Waals surface area (Å²) in [5.41, 5.74) is 0.997. The Bertz CT molecular complexity index is 820. The first-order valence-corrected chi connectivity index (χ1v) is 9.86. The van der Waals surface area contributed by atoms with E-state index in [1.165, 1.54) is 31.0 Å². The number of para-hydroxylation sites is 1. The number of carbonyl (C=O) groups is 1. The summed E-state index contributed by atoms with van der Waals surface area (Å²) in [4.78, 5) is 12.6. The average Bonchev–Trinajstić information content (AvgIpc) is 3.03. The van der Waals surface area contributed by atoms with E-state index in [9.17, 15) is 4.79 Å². The third-order valence-electron chi connectivity index (χ3n) is 4.73. The molecule has 1 atom stereocenters. The van der Waals surface area contributed by atoms with Crippen molar-refractivity contribution in [3.8, 4) is 6.07 Å². The fraction of sp³-hybridized carbons (Fsp3) is 0.474. The zero-order valence-corrected chi connectivity index (χ0v) is 15.9. The molecule has 1 heterocycles. The van der Waals surface area contributed by atoms with Crippen LogP contribution in [0.15, 0.2) is 29.4 Å². The molecule has 7 heteroatoms. The first-order chi connectivity index (χ1) is 12.6. The summed E-state index contributed by atoms with van der Waals surface area (Å²) in [6.07, 6.45) is 6.03. The lowest BCUT2D eigenvalue weighted by Crippen LogP contribution is -2.24. The Morgan fingerprint density at radius 1 is 1.31 bits per heavy atom. The van der Waals surface area contributed by atoms with Crippen LogP contribution in [-0.2, 0) is 4.79 Å². The number of amides is 1. The van der Waals surface area contributed by atoms with Gasteiger partial charge in [0.2, 0.25) is 5.91 Å². The van der Waals surface area contributed by atoms with Gasteiger partial charge in [0.05, 0.1) is 16.5 Å². The number of thioether (sulfide) groups is 1. The number of anilines is 1. The van der Waals surface area contributed by atoms with Crippen LogP contribution >= 0.6 is 11.8 Å². The van der Waals surface area contributed by atoms with Crippen molar-refractivity contribution in [2.45, 2.75) is 62.4 Å². The predicted octanol–water partition coefficient (Wildman–Crippen LogP) is 4.08. The monoisotopic (exact) mass is 369 g/mol. The van der Waals surface area contributed by atoms with Crippen LogP contribution in [0.2, 0.25) is 0 Å². The van der Waals surface area contributed by atoms with E-state index in [2.05, 4.69) is 26.2 Å². The highest BCUT2D eigenvalue weighted by atomic mass is 32.2. The maximum Gasteiger partial charge on any atom is 0.237 e. The summed E-state index contributed by atoms with van der Waals surface area (Å²) in [6.45, 7) is 3.82. The second kappa shape index (κ2) is 8.37. The van der Waals surface area contributed by atoms with E-state index in [0.29, 0.717) is 17.3 Å². The highest BCUT2D eigenvalue weighted by Gasteiger charge is 2.24. The number of carbonyl (C=O) groups excluding carboxylic acids is 1. The summed E-state index contributed by atoms with van der Waals surface area (Å²) in [7, 11) is 0. The standard InChI is InChI=1S/C19H23N5OS/c1-13(18(25)21-17-11-7-6-8-15(17)12-20)26-19-23-22-14(2)24(19)16-9-4-3-5-10-16/h6-8,11,13,16H,3-5,9-10H2,1-2H3,(H,21,25). The zero-order valence-electron chi connectivity index (χ0n) is 15.1. The fourth-order valence-electron chi connectivity index (χ4n) is 3.33. The molecule has 1 amide bonds. The molecular weight excluding hydrogens is 346 g/mol. The number of benzene rings is 1. The molecule has 26 heavy (non-hydrogen) atoms. The molecule has 1 N–H and O–H groups in total. The maximum atomic E-state index is 12.6. The first-order valence-electron chi connectivity index (χ1n) is 8.98. The van der Waals surface area contributed by atoms with Crippen LogP contribution in [0.5, 0.6) is 0 Å². The smallest absolute Gasteiger partial charge is 0.237 e. The van der Waals surface area contributed by atoms with E-state index in [4.69, 9.17) is 5.26 Å². The van der Waals surface area contributed by atoms with Crippen LogP contribution in [0, 0.1) is 18.3 Å². The first kappa shape index (κ1) is 18.5. The van der Waals surface area contributed by atoms with Crippen LogP contribution in [0.4, 0.5) is 5.69 Å². The van der Waals surface area contributed by atoms with Gasteiger partial charge in [0.15, 0.2) is 5.16 Å². The lowest BCUT2D eigenvalue weighted by Gasteiger charge is -2.25. The maximum absolute atomic E-state index is 12.6. The number of hydrogen-bond acceptors (Lipinski definition) is 5. The van der Waals surface area contributed by atoms with Gasteiger partial charge in [0, 0.05) is 6.04 Å². The third-order valence-corrected chi connectivity index (χ3v) is 5.79. The van der Waals surface area contributed by atoms with Gasteiger partial charge in [-0.2, -0.15) is 5.26 Å². The van der Waals surface area contributed by atoms with Crippen molar-refractivity contribution < 1.29 is 4.79 Å². The van der Waals surface area contributed by atoms with Gasteiger partial charge < -0.3 is 9.88 Å². The normalized spacial score (nSPS) is 16.0. The van der Waals surface area contributed by atoms with E-state index in [-0.39, 0.29) is 11.2 Å². The summed E-state index contributed by atoms with van der Waals surface area (Å²) in [5, 5.41) is 21.0. The van der Waals surface area contributed by atoms with E-state index >= 15 is 0 Å². The molecule has 1 aliphatic carbocycles. The Kier molecular flexibility index (Phi) is 5.94. The Morgan fingerprint density at radius 3 is 2.77 bits per heavy atom. The molecule has 1 fully saturated rings. The number of hydrogen-bond donors (Lipinski definition) is 1. The molecule has 1 aliphatic rings. The lowest BCUT2D eigenvalue weighted by atomic mass is 9.95. The molecular formula is C19H23N5OS. The number of rotatable bonds is 5. The predicted molar refractivity (Wildman–Crippen MR) is 102 cm³/mol. The molecule has 0 bridgehead atoms. The van der Waals surface area contributed by atoms with E-state index in [0.717, 1.165) is 23.8 Å². The summed E-state index contributed by atoms with van der Waals surface area (Å²) in [6, 6.07) is 9.54. The molecule has 0 aliphatic heterocycles. The van der Waals surface area contributed by atoms with E-state index in [1.807, 2.05) is 13.8 Å². The van der Waals surface area contributed by atoms with Crippen molar-refractivity contribution in [1.82, 2.24) is 14.8 Å². The second-order valence-corrected chi connectivity index (χ2v) is 7.91. The highest BCUT2D eigenvalue weighted by Crippen LogP contribution is 2.33. The molecule has 0 radical (unpaired) electrons. The van der Waals surface area contributed by atoms with Crippen molar-refractivity contribution >= 4 is 23.4 Å². The lowest BCUT2D eigenvalue weighted by molar-refractivity contribution is -0.115. The van der Waals surface area contributed by atoms with Crippen LogP contribution in [0.3, 0.4) is 0 Å². The quantitative estimate of drug-likeness (QED) is 0.803. The molecule has 1 aromatic heterocycles. The number of nitrogens with zero attached hydrogens (tertiary/aromatic N) is 4. The molecule has 1 aromatic carbocycles. The van der Waals surface area contributed by atoms with Gasteiger partial charge in [0.1, 0.15) is 11.9 Å². The molecule has 1 saturated carbocycles. The molecule has 0 spiro atoms. The average molecular weight is 369 g/mol. The largest absolute Gasteiger partial charge is 0.324 e. The summed E-state index contributed by atoms with van der Waals surface area (Å²) < 4.78 is 2.19. The number of nitrogens with one attached hydrogen (secondary N) is 1. The molecule has 1 unspecified atom stereocenters. The van der Waals surface area contributed by atoms with E-state index in [1.54, 1.807) is 24.3 Å². The van der Waals surface area contributed by atoms with Crippen LogP contribution in [0.25, 0.3) is 0 Å². The van der Waals surface area contributed by atoms with Crippen molar-refractivity contribution in [2.24, 2.45) is 0 Å². The van der Waals surface area contributed by atoms with Crippen molar-refractivity contribution in [3.05, 3.63) is 35.7 Å². The number of aryl methyl sites for hydroxylation is 1. The Balaban J connectivity index is 1.71. The SMILES string of the molecule is Cc1nnc(SC(C)C(=O)Nc2ccccc2C#N)n1C1CCCCC1. The van der Waals surface area contributed by atoms with Crippen molar-refractivity contribution in [3.63, 3.8) is 0 Å². The van der Waals surface area contributed by atoms with Gasteiger partial charge in [-0.15, -0.1) is 10.2 Å². The van der Waals surface area contributed by atoms with Crippen molar-refractivity contribution in [2.75, 3.05) is 5.32 Å². The number of nitriles is 1. The van der Waals surface area contributed by atoms with Crippen molar-refractivity contribution in [1.29, 1.82) is 5.26 Å². The van der Waals surface area contributed by atoms with Crippen LogP contribution in [0.1, 0.15) is 56.5 Å². The van der Waals surface area contributed by atoms with Gasteiger partial charge in [-0.25, -0.2) is 0 Å². The molecule has 136 valence electrons. The topological polar surface area (TPSA) is 83.6 Å². The highest BCUT2D eigenvalue weighted by molar-refractivity contribution is 8.00. The minimum atomic E-state index is -0.340. The molecule has 3 rings (SSSR count). The summed E-state index contributed by atoms with van der Waals surface area (Å²) in [5.74, 6) is 0.760. The second-order valence-electron chi connectivity index (χ2n) is 6.60. The third kappa shape index (κ3) is 4.07. The van der Waals surface area contributed by atoms with Gasteiger partial charge in [-0.1, -0.05) is 43.2 Å². The number of aromatic nitrogens is 3. The molecule has 6 nitrogen and oxygen atoms in total. The van der Waals surface area contributed by atoms with Gasteiger partial charge in [0.25, 0.3) is 0 Å². The van der Waals surface area contributed by atoms with Gasteiger partial charge >= 0.3 is 0 Å². The Morgan fingerprint density at radius 2 is 2.04 bits per heavy atom. The van der Waals surface area contributed by atoms with E-state index < -0.39 is 0 Å². The van der Waals surface area contributed by atoms with Gasteiger partial charge in [-0.05, 0) is 38.8 Å². The Hall–Kier alpha value is -2.33. The molecule has 0 saturated heterocycles. The Labute approximate surface area is 158 Å². The minimum Gasteiger partial charge on any atom is -0.324 e.